The van der Waals surface area contributed by atoms with Gasteiger partial charge in [-0.05, 0) is 13.0 Å². The summed E-state index contributed by atoms with van der Waals surface area (Å²) < 4.78 is 12.8. The number of carbonyl (C=O) groups excluding carboxylic acids is 1. The third-order valence-electron chi connectivity index (χ3n) is 5.00. The molecule has 3 aromatic rings. The van der Waals surface area contributed by atoms with Crippen LogP contribution >= 0.6 is 0 Å². The number of hydrogen-bond acceptors (Lipinski definition) is 5. The fourth-order valence-electron chi connectivity index (χ4n) is 3.28. The largest absolute Gasteiger partial charge is 0.488 e. The van der Waals surface area contributed by atoms with E-state index >= 15 is 0 Å². The molecule has 0 N–H and O–H groups in total. The van der Waals surface area contributed by atoms with Gasteiger partial charge in [-0.15, -0.1) is 0 Å². The minimum atomic E-state index is -0.183. The molecule has 1 aromatic carbocycles. The molecule has 0 radical (unpaired) electrons. The van der Waals surface area contributed by atoms with Crippen molar-refractivity contribution in [2.24, 2.45) is 7.05 Å². The summed E-state index contributed by atoms with van der Waals surface area (Å²) >= 11 is 0. The van der Waals surface area contributed by atoms with Gasteiger partial charge in [0.25, 0.3) is 11.5 Å². The van der Waals surface area contributed by atoms with Gasteiger partial charge >= 0.3 is 0 Å². The van der Waals surface area contributed by atoms with Crippen LogP contribution in [0.2, 0.25) is 0 Å². The molecule has 1 amide bonds. The van der Waals surface area contributed by atoms with E-state index in [-0.39, 0.29) is 23.3 Å². The highest BCUT2D eigenvalue weighted by atomic mass is 16.5. The van der Waals surface area contributed by atoms with Crippen molar-refractivity contribution in [2.75, 3.05) is 13.1 Å². The predicted molar refractivity (Wildman–Crippen MR) is 103 cm³/mol. The van der Waals surface area contributed by atoms with Crippen LogP contribution in [-0.2, 0) is 7.05 Å². The first-order valence-corrected chi connectivity index (χ1v) is 9.17. The monoisotopic (exact) mass is 379 g/mol. The van der Waals surface area contributed by atoms with Gasteiger partial charge in [0.1, 0.15) is 11.9 Å². The highest BCUT2D eigenvalue weighted by molar-refractivity contribution is 5.93. The molecule has 7 nitrogen and oxygen atoms in total. The fourth-order valence-corrected chi connectivity index (χ4v) is 3.28. The third kappa shape index (κ3) is 3.55. The first-order chi connectivity index (χ1) is 13.5. The summed E-state index contributed by atoms with van der Waals surface area (Å²) in [6.07, 6.45) is 0.541. The van der Waals surface area contributed by atoms with Crippen LogP contribution in [0.25, 0.3) is 11.3 Å². The van der Waals surface area contributed by atoms with Crippen molar-refractivity contribution in [3.63, 3.8) is 0 Å². The summed E-state index contributed by atoms with van der Waals surface area (Å²) in [5, 5.41) is 3.93. The summed E-state index contributed by atoms with van der Waals surface area (Å²) in [6, 6.07) is 14.5. The van der Waals surface area contributed by atoms with Crippen LogP contribution in [0.1, 0.15) is 22.6 Å². The SMILES string of the molecule is Cc1cc(OC2CCN(C(=O)c3cc(-c4ccccc4)on3)C2)cc(=O)n1C. The van der Waals surface area contributed by atoms with Crippen molar-refractivity contribution in [2.45, 2.75) is 19.4 Å². The minimum Gasteiger partial charge on any atom is -0.488 e. The molecule has 1 unspecified atom stereocenters. The summed E-state index contributed by atoms with van der Waals surface area (Å²) in [4.78, 5) is 26.3. The van der Waals surface area contributed by atoms with Crippen molar-refractivity contribution in [1.82, 2.24) is 14.6 Å². The predicted octanol–water partition coefficient (Wildman–Crippen LogP) is 2.64. The number of ether oxygens (including phenoxy) is 1. The van der Waals surface area contributed by atoms with Crippen LogP contribution in [0.5, 0.6) is 5.75 Å². The molecule has 1 aliphatic heterocycles. The van der Waals surface area contributed by atoms with Crippen LogP contribution in [0, 0.1) is 6.92 Å². The zero-order valence-corrected chi connectivity index (χ0v) is 15.8. The number of rotatable bonds is 4. The Kier molecular flexibility index (Phi) is 4.73. The molecule has 4 rings (SSSR count). The van der Waals surface area contributed by atoms with E-state index in [4.69, 9.17) is 9.26 Å². The van der Waals surface area contributed by atoms with Gasteiger partial charge in [0.15, 0.2) is 11.5 Å². The van der Waals surface area contributed by atoms with Crippen LogP contribution in [0.4, 0.5) is 0 Å². The molecule has 1 atom stereocenters. The molecule has 0 bridgehead atoms. The molecule has 144 valence electrons. The number of nitrogens with zero attached hydrogens (tertiary/aromatic N) is 3. The van der Waals surface area contributed by atoms with E-state index in [9.17, 15) is 9.59 Å². The van der Waals surface area contributed by atoms with Crippen LogP contribution in [-0.4, -0.2) is 39.7 Å². The van der Waals surface area contributed by atoms with Gasteiger partial charge in [-0.1, -0.05) is 35.5 Å². The number of hydrogen-bond donors (Lipinski definition) is 0. The number of aryl methyl sites for hydroxylation is 1. The Balaban J connectivity index is 1.42. The number of pyridine rings is 1. The van der Waals surface area contributed by atoms with E-state index < -0.39 is 0 Å². The average Bonchev–Trinajstić information content (AvgIpc) is 3.36. The number of aromatic nitrogens is 2. The zero-order valence-electron chi connectivity index (χ0n) is 15.8. The highest BCUT2D eigenvalue weighted by Crippen LogP contribution is 2.23. The lowest BCUT2D eigenvalue weighted by Gasteiger charge is -2.16. The number of amides is 1. The maximum absolute atomic E-state index is 12.7. The van der Waals surface area contributed by atoms with E-state index in [0.29, 0.717) is 31.0 Å². The molecular formula is C21H21N3O4. The fraction of sp³-hybridized carbons (Fsp3) is 0.286. The molecule has 0 saturated carbocycles. The lowest BCUT2D eigenvalue weighted by molar-refractivity contribution is 0.0762. The Labute approximate surface area is 162 Å². The normalized spacial score (nSPS) is 16.4. The molecule has 2 aromatic heterocycles. The molecule has 0 aliphatic carbocycles. The van der Waals surface area contributed by atoms with Gasteiger partial charge in [-0.25, -0.2) is 0 Å². The molecule has 28 heavy (non-hydrogen) atoms. The first-order valence-electron chi connectivity index (χ1n) is 9.17. The Morgan fingerprint density at radius 1 is 1.21 bits per heavy atom. The molecule has 7 heteroatoms. The zero-order chi connectivity index (χ0) is 19.7. The van der Waals surface area contributed by atoms with E-state index in [1.54, 1.807) is 22.6 Å². The van der Waals surface area contributed by atoms with Crippen molar-refractivity contribution >= 4 is 5.91 Å². The van der Waals surface area contributed by atoms with Gasteiger partial charge in [-0.2, -0.15) is 0 Å². The number of carbonyl (C=O) groups is 1. The Bertz CT molecular complexity index is 1060. The van der Waals surface area contributed by atoms with Crippen LogP contribution in [0.15, 0.2) is 57.8 Å². The van der Waals surface area contributed by atoms with Gasteiger partial charge in [0, 0.05) is 43.4 Å². The maximum Gasteiger partial charge on any atom is 0.276 e. The van der Waals surface area contributed by atoms with Gasteiger partial charge in [-0.3, -0.25) is 9.59 Å². The molecular weight excluding hydrogens is 358 g/mol. The standard InChI is InChI=1S/C21H21N3O4/c1-14-10-17(11-20(25)23(14)2)27-16-8-9-24(13-16)21(26)18-12-19(28-22-18)15-6-4-3-5-7-15/h3-7,10-12,16H,8-9,13H2,1-2H3. The Hall–Kier alpha value is -3.35. The second-order valence-electron chi connectivity index (χ2n) is 6.95. The van der Waals surface area contributed by atoms with Crippen LogP contribution in [0.3, 0.4) is 0 Å². The summed E-state index contributed by atoms with van der Waals surface area (Å²) in [6.45, 7) is 2.87. The van der Waals surface area contributed by atoms with Gasteiger partial charge in [0.2, 0.25) is 0 Å². The molecule has 1 aliphatic rings. The Morgan fingerprint density at radius 3 is 2.75 bits per heavy atom. The lowest BCUT2D eigenvalue weighted by Crippen LogP contribution is -2.31. The summed E-state index contributed by atoms with van der Waals surface area (Å²) in [5.41, 5.74) is 1.86. The molecule has 3 heterocycles. The Morgan fingerprint density at radius 2 is 2.00 bits per heavy atom. The second kappa shape index (κ2) is 7.34. The highest BCUT2D eigenvalue weighted by Gasteiger charge is 2.30. The maximum atomic E-state index is 12.7. The molecule has 0 spiro atoms. The van der Waals surface area contributed by atoms with Crippen molar-refractivity contribution < 1.29 is 14.1 Å². The summed E-state index contributed by atoms with van der Waals surface area (Å²) in [5.74, 6) is 0.913. The van der Waals surface area contributed by atoms with Crippen molar-refractivity contribution in [1.29, 1.82) is 0 Å². The summed E-state index contributed by atoms with van der Waals surface area (Å²) in [7, 11) is 1.72. The van der Waals surface area contributed by atoms with E-state index in [1.807, 2.05) is 43.3 Å². The van der Waals surface area contributed by atoms with E-state index in [2.05, 4.69) is 5.16 Å². The topological polar surface area (TPSA) is 77.6 Å². The molecule has 1 saturated heterocycles. The second-order valence-corrected chi connectivity index (χ2v) is 6.95. The quantitative estimate of drug-likeness (QED) is 0.696. The minimum absolute atomic E-state index is 0.114. The van der Waals surface area contributed by atoms with Crippen molar-refractivity contribution in [3.8, 4) is 17.1 Å². The van der Waals surface area contributed by atoms with Gasteiger partial charge in [0.05, 0.1) is 6.54 Å². The average molecular weight is 379 g/mol. The van der Waals surface area contributed by atoms with E-state index in [0.717, 1.165) is 11.3 Å². The number of likely N-dealkylation sites (tertiary alicyclic amines) is 1. The molecule has 1 fully saturated rings. The van der Waals surface area contributed by atoms with Crippen molar-refractivity contribution in [3.05, 3.63) is 70.3 Å². The smallest absolute Gasteiger partial charge is 0.276 e. The number of benzene rings is 1. The van der Waals surface area contributed by atoms with E-state index in [1.165, 1.54) is 6.07 Å². The van der Waals surface area contributed by atoms with Crippen LogP contribution < -0.4 is 10.3 Å². The third-order valence-corrected chi connectivity index (χ3v) is 5.00. The van der Waals surface area contributed by atoms with Gasteiger partial charge < -0.3 is 18.7 Å². The lowest BCUT2D eigenvalue weighted by atomic mass is 10.1. The first kappa shape index (κ1) is 18.0.